The van der Waals surface area contributed by atoms with Crippen LogP contribution in [-0.2, 0) is 157 Å². The number of hydrogen-bond acceptors (Lipinski definition) is 33. The van der Waals surface area contributed by atoms with Crippen LogP contribution < -0.4 is 0 Å². The van der Waals surface area contributed by atoms with Crippen LogP contribution in [0.15, 0.2) is 0 Å². The Morgan fingerprint density at radius 3 is 0.693 bits per heavy atom. The van der Waals surface area contributed by atoms with Crippen LogP contribution in [0.25, 0.3) is 0 Å². The van der Waals surface area contributed by atoms with Crippen LogP contribution in [0, 0.1) is 65.1 Å². The minimum Gasteiger partial charge on any atom is -0.463 e. The number of fused-ring (bicyclic) bond motifs is 8. The van der Waals surface area contributed by atoms with Crippen LogP contribution in [0.3, 0.4) is 0 Å². The highest BCUT2D eigenvalue weighted by atomic mass is 16.7. The average Bonchev–Trinajstić information content (AvgIpc) is 1.57. The van der Waals surface area contributed by atoms with Gasteiger partial charge in [0.05, 0.1) is 186 Å². The monoisotopic (exact) mass is 1980 g/mol. The van der Waals surface area contributed by atoms with E-state index < -0.39 is 148 Å². The quantitative estimate of drug-likeness (QED) is 0.0328. The lowest BCUT2D eigenvalue weighted by atomic mass is 9.77. The molecule has 818 valence electrons. The first-order valence-electron chi connectivity index (χ1n) is 41.3. The fraction of sp³-hybridized carbons (Fsp3) is 0.885. The Kier molecular flexibility index (Phi) is 73.5. The van der Waals surface area contributed by atoms with Gasteiger partial charge in [0.25, 0.3) is 0 Å². The zero-order valence-corrected chi connectivity index (χ0v) is 64.4. The van der Waals surface area contributed by atoms with Gasteiger partial charge in [-0.25, -0.2) is 28.8 Å². The average molecular weight is 1980 g/mol. The van der Waals surface area contributed by atoms with Crippen LogP contribution >= 0.6 is 0 Å². The summed E-state index contributed by atoms with van der Waals surface area (Å²) < 4.78 is 113. The van der Waals surface area contributed by atoms with Crippen molar-refractivity contribution in [2.24, 2.45) is 65.1 Å². The summed E-state index contributed by atoms with van der Waals surface area (Å²) in [6.45, 7) is 1.84. The SMILES string of the molecule is C.C.C.C.C.C.C.C.C.C.C.C.C.C.C.C.C.C.C.C.C.C.C.C.CC1(C2CCC3(C)OC3C2)CO1.O=C(COC(=O)C1CC2OC2CC1C(=O)OCC(=O)OCC1CCC2OC2C1)OCC1CCC2OC2C1.O=C(COC(=O)CC(C(=O)OCC(=O)OCC1CCC2OC2C1)C(CC(=O)OCC(=O)OCC1CCC2OC2C1)C(=O)OCC(=O)OCC1CCC2OC2C1)OCC1CCC2OC2C1. The van der Waals surface area contributed by atoms with Crippen LogP contribution in [0.2, 0.25) is 0 Å². The molecule has 8 aliphatic carbocycles. The Balaban J connectivity index is -0.000000239. The van der Waals surface area contributed by atoms with E-state index in [9.17, 15) is 57.5 Å². The smallest absolute Gasteiger partial charge is 0.344 e. The predicted molar refractivity (Wildman–Crippen MR) is 535 cm³/mol. The molecule has 28 atom stereocenters. The minimum atomic E-state index is -1.89. The number of carbonyl (C=O) groups excluding carboxylic acids is 12. The second kappa shape index (κ2) is 66.9. The van der Waals surface area contributed by atoms with Gasteiger partial charge in [0.2, 0.25) is 0 Å². The molecule has 8 saturated carbocycles. The van der Waals surface area contributed by atoms with E-state index in [0.29, 0.717) is 43.4 Å². The molecule has 28 unspecified atom stereocenters. The summed E-state index contributed by atoms with van der Waals surface area (Å²) in [5, 5.41) is 0. The molecule has 0 bridgehead atoms. The summed E-state index contributed by atoms with van der Waals surface area (Å²) in [5.74, 6) is -14.8. The third kappa shape index (κ3) is 43.6. The summed E-state index contributed by atoms with van der Waals surface area (Å²) in [6, 6.07) is 0. The fourth-order valence-electron chi connectivity index (χ4n) is 18.3. The number of rotatable bonds is 34. The van der Waals surface area contributed by atoms with Crippen molar-refractivity contribution in [3.05, 3.63) is 0 Å². The molecule has 0 radical (unpaired) electrons. The third-order valence-electron chi connectivity index (χ3n) is 26.2. The van der Waals surface area contributed by atoms with Crippen molar-refractivity contribution >= 4 is 71.6 Å². The molecule has 33 heteroatoms. The maximum atomic E-state index is 13.8. The first-order chi connectivity index (χ1) is 54.5. The van der Waals surface area contributed by atoms with Gasteiger partial charge in [0.15, 0.2) is 39.6 Å². The van der Waals surface area contributed by atoms with Crippen LogP contribution in [0.1, 0.15) is 353 Å². The van der Waals surface area contributed by atoms with Crippen molar-refractivity contribution in [1.29, 1.82) is 0 Å². The Hall–Kier alpha value is -6.72. The Labute approximate surface area is 831 Å². The lowest BCUT2D eigenvalue weighted by Gasteiger charge is -2.26. The minimum absolute atomic E-state index is 0. The van der Waals surface area contributed by atoms with Gasteiger partial charge < -0.3 is 99.5 Å². The molecule has 17 fully saturated rings. The van der Waals surface area contributed by atoms with Gasteiger partial charge in [0, 0.05) is 0 Å². The largest absolute Gasteiger partial charge is 0.463 e. The highest BCUT2D eigenvalue weighted by molar-refractivity contribution is 5.91. The van der Waals surface area contributed by atoms with Crippen molar-refractivity contribution in [1.82, 2.24) is 0 Å². The van der Waals surface area contributed by atoms with Gasteiger partial charge in [-0.15, -0.1) is 0 Å². The number of hydrogen-bond donors (Lipinski definition) is 0. The molecular formula is C104H204O33. The topological polar surface area (TPSA) is 428 Å². The maximum Gasteiger partial charge on any atom is 0.344 e. The lowest BCUT2D eigenvalue weighted by molar-refractivity contribution is -0.174. The standard InChI is InChI=1S/C44H58O20.C26H34O11.C10H16O2.24CH4/c45-37(57-19-39(47)53-15-23-1-5-29-33(9-23)61-29)13-27(43(51)59-21-41(49)55-17-25-3-7-31-35(11-25)63-31)28(44(52)60-22-42(50)56-18-26-4-8-32-36(12-26)64-32)14-38(46)58-20-40(48)54-16-24-2-6-30-34(10-24)62-30;27-23(31-9-13-1-3-17-19(5-13)35-17)11-33-25(29)15-7-21-22(37-21)8-16(15)26(30)34-12-24(28)32-10-14-2-4-18-20(6-14)36-18;1-9-4-3-7(5-8(9)12-9)10(2)6-11-10;;;;;;;;;;;;;;;;;;;;;;;;/h23-36H,1-22H2;13-22H,1-12H2;7-8H,3-6H2,1-2H3;24*1H4. The summed E-state index contributed by atoms with van der Waals surface area (Å²) in [7, 11) is 0. The molecule has 33 nitrogen and oxygen atoms in total. The molecule has 0 aromatic rings. The van der Waals surface area contributed by atoms with E-state index >= 15 is 0 Å². The molecule has 9 aliphatic heterocycles. The summed E-state index contributed by atoms with van der Waals surface area (Å²) in [5.41, 5.74) is 0.495. The zero-order chi connectivity index (χ0) is 78.7. The van der Waals surface area contributed by atoms with E-state index in [1.807, 2.05) is 0 Å². The summed E-state index contributed by atoms with van der Waals surface area (Å²) >= 11 is 0. The van der Waals surface area contributed by atoms with Crippen molar-refractivity contribution in [2.75, 3.05) is 85.9 Å². The van der Waals surface area contributed by atoms with Crippen molar-refractivity contribution in [3.63, 3.8) is 0 Å². The molecule has 0 aromatic carbocycles. The number of esters is 12. The fourth-order valence-corrected chi connectivity index (χ4v) is 18.3. The van der Waals surface area contributed by atoms with Gasteiger partial charge in [-0.1, -0.05) is 178 Å². The molecule has 137 heavy (non-hydrogen) atoms. The number of carbonyl (C=O) groups is 12. The summed E-state index contributed by atoms with van der Waals surface area (Å²) in [4.78, 5) is 154. The molecule has 0 spiro atoms. The molecule has 9 saturated heterocycles. The van der Waals surface area contributed by atoms with Gasteiger partial charge in [-0.05, 0) is 203 Å². The van der Waals surface area contributed by atoms with Crippen LogP contribution in [-0.4, -0.2) is 260 Å². The Morgan fingerprint density at radius 1 is 0.248 bits per heavy atom. The van der Waals surface area contributed by atoms with E-state index in [1.54, 1.807) is 0 Å². The van der Waals surface area contributed by atoms with Gasteiger partial charge in [-0.2, -0.15) is 0 Å². The highest BCUT2D eigenvalue weighted by Gasteiger charge is 2.61. The Bertz CT molecular complexity index is 3300. The van der Waals surface area contributed by atoms with E-state index in [1.165, 1.54) is 19.3 Å². The van der Waals surface area contributed by atoms with Gasteiger partial charge in [0.1, 0.15) is 0 Å². The molecule has 9 heterocycles. The lowest BCUT2D eigenvalue weighted by Crippen LogP contribution is -2.39. The molecule has 17 rings (SSSR count). The van der Waals surface area contributed by atoms with Crippen molar-refractivity contribution in [3.8, 4) is 0 Å². The first kappa shape index (κ1) is 151. The molecule has 0 N–H and O–H groups in total. The number of ether oxygens (including phenoxy) is 21. The zero-order valence-electron chi connectivity index (χ0n) is 64.4. The predicted octanol–water partition coefficient (Wildman–Crippen LogP) is 19.7. The van der Waals surface area contributed by atoms with Gasteiger partial charge in [-0.3, -0.25) is 28.8 Å². The molecular weight excluding hydrogens is 1780 g/mol. The van der Waals surface area contributed by atoms with Gasteiger partial charge >= 0.3 is 71.6 Å². The van der Waals surface area contributed by atoms with E-state index in [0.717, 1.165) is 128 Å². The maximum absolute atomic E-state index is 13.8. The third-order valence-corrected chi connectivity index (χ3v) is 26.2. The van der Waals surface area contributed by atoms with Crippen molar-refractivity contribution in [2.45, 2.75) is 455 Å². The molecule has 0 amide bonds. The molecule has 0 aromatic heterocycles. The van der Waals surface area contributed by atoms with E-state index in [2.05, 4.69) is 13.8 Å². The second-order valence-electron chi connectivity index (χ2n) is 34.7. The Morgan fingerprint density at radius 2 is 0.467 bits per heavy atom. The van der Waals surface area contributed by atoms with E-state index in [4.69, 9.17) is 99.5 Å². The number of epoxide rings is 9. The van der Waals surface area contributed by atoms with Crippen LogP contribution in [0.4, 0.5) is 0 Å². The second-order valence-corrected chi connectivity index (χ2v) is 34.7. The van der Waals surface area contributed by atoms with Crippen LogP contribution in [0.5, 0.6) is 0 Å². The van der Waals surface area contributed by atoms with Crippen molar-refractivity contribution < 1.29 is 157 Å². The first-order valence-corrected chi connectivity index (χ1v) is 41.3. The highest BCUT2D eigenvalue weighted by Crippen LogP contribution is 2.55. The normalized spacial score (nSPS) is 32.0. The molecule has 17 aliphatic rings. The van der Waals surface area contributed by atoms with E-state index in [-0.39, 0.29) is 326 Å². The summed E-state index contributed by atoms with van der Waals surface area (Å²) in [6.07, 6.45) is 21.0.